The molecule has 5 nitrogen and oxygen atoms in total. The van der Waals surface area contributed by atoms with Crippen molar-refractivity contribution in [3.05, 3.63) is 35.4 Å². The summed E-state index contributed by atoms with van der Waals surface area (Å²) in [4.78, 5) is 38.1. The normalized spacial score (nSPS) is 23.3. The summed E-state index contributed by atoms with van der Waals surface area (Å²) in [5, 5.41) is 2.87. The van der Waals surface area contributed by atoms with E-state index in [1.807, 2.05) is 31.2 Å². The highest BCUT2D eigenvalue weighted by molar-refractivity contribution is 6.05. The summed E-state index contributed by atoms with van der Waals surface area (Å²) in [7, 11) is 0. The summed E-state index contributed by atoms with van der Waals surface area (Å²) in [6.07, 6.45) is 3.83. The van der Waals surface area contributed by atoms with Gasteiger partial charge in [0, 0.05) is 19.5 Å². The van der Waals surface area contributed by atoms with Gasteiger partial charge < -0.3 is 5.32 Å². The molecule has 1 saturated heterocycles. The van der Waals surface area contributed by atoms with Crippen molar-refractivity contribution in [3.8, 4) is 0 Å². The SMILES string of the molecule is Cc1ccccc1CNC(=O)CCN1C(=O)[C@@H]2CCCC[C@H]2C1=O. The van der Waals surface area contributed by atoms with Crippen LogP contribution in [0.2, 0.25) is 0 Å². The van der Waals surface area contributed by atoms with Crippen LogP contribution in [0.1, 0.15) is 43.2 Å². The molecule has 5 heteroatoms. The third-order valence-electron chi connectivity index (χ3n) is 5.23. The molecule has 1 aromatic rings. The fourth-order valence-electron chi connectivity index (χ4n) is 3.76. The van der Waals surface area contributed by atoms with E-state index in [2.05, 4.69) is 5.32 Å². The van der Waals surface area contributed by atoms with Gasteiger partial charge in [-0.1, -0.05) is 37.1 Å². The molecule has 128 valence electrons. The Hall–Kier alpha value is -2.17. The number of nitrogens with one attached hydrogen (secondary N) is 1. The fraction of sp³-hybridized carbons (Fsp3) is 0.526. The zero-order chi connectivity index (χ0) is 17.1. The molecule has 1 saturated carbocycles. The number of imide groups is 1. The van der Waals surface area contributed by atoms with Crippen molar-refractivity contribution >= 4 is 17.7 Å². The maximum atomic E-state index is 12.4. The topological polar surface area (TPSA) is 66.5 Å². The fourth-order valence-corrected chi connectivity index (χ4v) is 3.76. The van der Waals surface area contributed by atoms with E-state index in [9.17, 15) is 14.4 Å². The average molecular weight is 328 g/mol. The Morgan fingerprint density at radius 3 is 2.38 bits per heavy atom. The minimum Gasteiger partial charge on any atom is -0.352 e. The second kappa shape index (κ2) is 7.16. The summed E-state index contributed by atoms with van der Waals surface area (Å²) in [5.41, 5.74) is 2.21. The highest BCUT2D eigenvalue weighted by Crippen LogP contribution is 2.37. The van der Waals surface area contributed by atoms with E-state index < -0.39 is 0 Å². The van der Waals surface area contributed by atoms with Crippen molar-refractivity contribution in [2.24, 2.45) is 11.8 Å². The lowest BCUT2D eigenvalue weighted by molar-refractivity contribution is -0.140. The number of carbonyl (C=O) groups excluding carboxylic acids is 3. The lowest BCUT2D eigenvalue weighted by Crippen LogP contribution is -2.35. The molecule has 2 atom stereocenters. The van der Waals surface area contributed by atoms with Gasteiger partial charge in [-0.05, 0) is 30.9 Å². The number of rotatable bonds is 5. The number of benzene rings is 1. The Labute approximate surface area is 142 Å². The van der Waals surface area contributed by atoms with Crippen LogP contribution in [0.4, 0.5) is 0 Å². The first-order valence-electron chi connectivity index (χ1n) is 8.74. The zero-order valence-electron chi connectivity index (χ0n) is 14.1. The molecule has 0 bridgehead atoms. The summed E-state index contributed by atoms with van der Waals surface area (Å²) >= 11 is 0. The quantitative estimate of drug-likeness (QED) is 0.843. The van der Waals surface area contributed by atoms with Crippen molar-refractivity contribution in [1.29, 1.82) is 0 Å². The Kier molecular flexibility index (Phi) is 4.97. The minimum atomic E-state index is -0.138. The van der Waals surface area contributed by atoms with Gasteiger partial charge in [-0.3, -0.25) is 19.3 Å². The summed E-state index contributed by atoms with van der Waals surface area (Å²) in [6, 6.07) is 7.89. The van der Waals surface area contributed by atoms with Crippen LogP contribution in [-0.2, 0) is 20.9 Å². The molecule has 2 aliphatic rings. The third-order valence-corrected chi connectivity index (χ3v) is 5.23. The maximum absolute atomic E-state index is 12.4. The second-order valence-electron chi connectivity index (χ2n) is 6.78. The highest BCUT2D eigenvalue weighted by Gasteiger charge is 2.47. The van der Waals surface area contributed by atoms with Gasteiger partial charge >= 0.3 is 0 Å². The largest absolute Gasteiger partial charge is 0.352 e. The molecule has 3 rings (SSSR count). The number of fused-ring (bicyclic) bond motifs is 1. The van der Waals surface area contributed by atoms with Crippen LogP contribution in [0.5, 0.6) is 0 Å². The predicted molar refractivity (Wildman–Crippen MR) is 89.8 cm³/mol. The Balaban J connectivity index is 1.50. The van der Waals surface area contributed by atoms with Crippen LogP contribution in [0.15, 0.2) is 24.3 Å². The Morgan fingerprint density at radius 2 is 1.75 bits per heavy atom. The lowest BCUT2D eigenvalue weighted by Gasteiger charge is -2.19. The lowest BCUT2D eigenvalue weighted by atomic mass is 9.81. The van der Waals surface area contributed by atoms with Crippen molar-refractivity contribution in [2.45, 2.75) is 45.6 Å². The molecule has 3 amide bonds. The number of aryl methyl sites for hydroxylation is 1. The molecule has 1 N–H and O–H groups in total. The monoisotopic (exact) mass is 328 g/mol. The first kappa shape index (κ1) is 16.7. The number of hydrogen-bond acceptors (Lipinski definition) is 3. The summed E-state index contributed by atoms with van der Waals surface area (Å²) in [5.74, 6) is -0.552. The highest BCUT2D eigenvalue weighted by atomic mass is 16.2. The molecule has 24 heavy (non-hydrogen) atoms. The van der Waals surface area contributed by atoms with Gasteiger partial charge in [0.05, 0.1) is 11.8 Å². The van der Waals surface area contributed by atoms with Crippen molar-refractivity contribution in [3.63, 3.8) is 0 Å². The minimum absolute atomic E-state index is 0.0728. The first-order valence-corrected chi connectivity index (χ1v) is 8.74. The molecule has 2 fully saturated rings. The van der Waals surface area contributed by atoms with Gasteiger partial charge in [-0.25, -0.2) is 0 Å². The number of nitrogens with zero attached hydrogens (tertiary/aromatic N) is 1. The van der Waals surface area contributed by atoms with Gasteiger partial charge in [0.2, 0.25) is 17.7 Å². The molecule has 0 unspecified atom stereocenters. The molecule has 1 heterocycles. The van der Waals surface area contributed by atoms with E-state index >= 15 is 0 Å². The van der Waals surface area contributed by atoms with E-state index in [1.165, 1.54) is 4.90 Å². The van der Waals surface area contributed by atoms with E-state index in [0.29, 0.717) is 6.54 Å². The zero-order valence-corrected chi connectivity index (χ0v) is 14.1. The molecule has 0 aromatic heterocycles. The Bertz CT molecular complexity index is 632. The predicted octanol–water partition coefficient (Wildman–Crippen LogP) is 2.18. The molecule has 0 spiro atoms. The maximum Gasteiger partial charge on any atom is 0.233 e. The number of hydrogen-bond donors (Lipinski definition) is 1. The van der Waals surface area contributed by atoms with E-state index in [0.717, 1.165) is 36.8 Å². The van der Waals surface area contributed by atoms with Crippen LogP contribution < -0.4 is 5.32 Å². The van der Waals surface area contributed by atoms with Gasteiger partial charge in [0.1, 0.15) is 0 Å². The molecular weight excluding hydrogens is 304 g/mol. The molecule has 1 aliphatic carbocycles. The first-order chi connectivity index (χ1) is 11.6. The van der Waals surface area contributed by atoms with Crippen molar-refractivity contribution in [2.75, 3.05) is 6.54 Å². The molecule has 0 radical (unpaired) electrons. The number of carbonyl (C=O) groups is 3. The van der Waals surface area contributed by atoms with Crippen LogP contribution in [0.3, 0.4) is 0 Å². The summed E-state index contributed by atoms with van der Waals surface area (Å²) < 4.78 is 0. The van der Waals surface area contributed by atoms with E-state index in [1.54, 1.807) is 0 Å². The molecule has 1 aromatic carbocycles. The van der Waals surface area contributed by atoms with E-state index in [-0.39, 0.29) is 42.5 Å². The van der Waals surface area contributed by atoms with Crippen LogP contribution >= 0.6 is 0 Å². The van der Waals surface area contributed by atoms with Gasteiger partial charge in [0.25, 0.3) is 0 Å². The second-order valence-corrected chi connectivity index (χ2v) is 6.78. The van der Waals surface area contributed by atoms with Crippen LogP contribution in [0, 0.1) is 18.8 Å². The molecular formula is C19H24N2O3. The van der Waals surface area contributed by atoms with Crippen LogP contribution in [0.25, 0.3) is 0 Å². The van der Waals surface area contributed by atoms with Crippen molar-refractivity contribution < 1.29 is 14.4 Å². The van der Waals surface area contributed by atoms with E-state index in [4.69, 9.17) is 0 Å². The summed E-state index contributed by atoms with van der Waals surface area (Å²) in [6.45, 7) is 2.67. The van der Waals surface area contributed by atoms with Crippen LogP contribution in [-0.4, -0.2) is 29.2 Å². The number of amides is 3. The van der Waals surface area contributed by atoms with Gasteiger partial charge in [-0.15, -0.1) is 0 Å². The average Bonchev–Trinajstić information content (AvgIpc) is 2.84. The van der Waals surface area contributed by atoms with Crippen molar-refractivity contribution in [1.82, 2.24) is 10.2 Å². The standard InChI is InChI=1S/C19H24N2O3/c1-13-6-2-3-7-14(13)12-20-17(22)10-11-21-18(23)15-8-4-5-9-16(15)19(21)24/h2-3,6-7,15-16H,4-5,8-12H2,1H3,(H,20,22)/t15-,16-/m1/s1. The third kappa shape index (κ3) is 3.35. The van der Waals surface area contributed by atoms with Gasteiger partial charge in [-0.2, -0.15) is 0 Å². The Morgan fingerprint density at radius 1 is 1.12 bits per heavy atom. The molecule has 1 aliphatic heterocycles. The van der Waals surface area contributed by atoms with Gasteiger partial charge in [0.15, 0.2) is 0 Å². The number of likely N-dealkylation sites (tertiary alicyclic amines) is 1. The smallest absolute Gasteiger partial charge is 0.233 e.